The van der Waals surface area contributed by atoms with Crippen molar-refractivity contribution in [2.75, 3.05) is 41.0 Å². The third kappa shape index (κ3) is 5.34. The molecule has 4 rings (SSSR count). The summed E-state index contributed by atoms with van der Waals surface area (Å²) in [5.41, 5.74) is 2.05. The first-order valence-electron chi connectivity index (χ1n) is 11.5. The van der Waals surface area contributed by atoms with Gasteiger partial charge in [-0.2, -0.15) is 0 Å². The number of rotatable bonds is 9. The van der Waals surface area contributed by atoms with Crippen LogP contribution < -0.4 is 19.5 Å². The smallest absolute Gasteiger partial charge is 0.273 e. The van der Waals surface area contributed by atoms with E-state index in [9.17, 15) is 4.79 Å². The SMILES string of the molecule is COc1ccc(-c2cc(C(=O)NCC(c3cc(OC)ccc3OC)N3CCCCC3)no2)cc1. The molecule has 34 heavy (non-hydrogen) atoms. The molecule has 180 valence electrons. The average Bonchev–Trinajstić information content (AvgIpc) is 3.40. The van der Waals surface area contributed by atoms with Gasteiger partial charge in [0.1, 0.15) is 17.2 Å². The van der Waals surface area contributed by atoms with Gasteiger partial charge in [0.15, 0.2) is 11.5 Å². The summed E-state index contributed by atoms with van der Waals surface area (Å²) in [5, 5.41) is 7.03. The van der Waals surface area contributed by atoms with Gasteiger partial charge < -0.3 is 24.1 Å². The Morgan fingerprint density at radius 3 is 2.35 bits per heavy atom. The molecule has 1 atom stereocenters. The summed E-state index contributed by atoms with van der Waals surface area (Å²) in [4.78, 5) is 15.4. The van der Waals surface area contributed by atoms with E-state index in [1.807, 2.05) is 42.5 Å². The predicted octanol–water partition coefficient (Wildman–Crippen LogP) is 4.32. The van der Waals surface area contributed by atoms with Crippen LogP contribution in [-0.2, 0) is 0 Å². The second kappa shape index (κ2) is 11.1. The summed E-state index contributed by atoms with van der Waals surface area (Å²) in [7, 11) is 4.92. The number of piperidine rings is 1. The van der Waals surface area contributed by atoms with Crippen molar-refractivity contribution in [1.82, 2.24) is 15.4 Å². The number of methoxy groups -OCH3 is 3. The van der Waals surface area contributed by atoms with Crippen LogP contribution >= 0.6 is 0 Å². The standard InChI is InChI=1S/C26H31N3O5/c1-31-19-9-7-18(8-10-19)25-16-22(28-34-25)26(30)27-17-23(29-13-5-4-6-14-29)21-15-20(32-2)11-12-24(21)33-3/h7-12,15-16,23H,4-6,13-14,17H2,1-3H3,(H,27,30). The fourth-order valence-corrected chi connectivity index (χ4v) is 4.32. The minimum Gasteiger partial charge on any atom is -0.497 e. The van der Waals surface area contributed by atoms with Crippen molar-refractivity contribution < 1.29 is 23.5 Å². The Bertz CT molecular complexity index is 1090. The van der Waals surface area contributed by atoms with Gasteiger partial charge >= 0.3 is 0 Å². The molecule has 1 saturated heterocycles. The summed E-state index contributed by atoms with van der Waals surface area (Å²) in [6.07, 6.45) is 3.48. The molecule has 2 heterocycles. The Labute approximate surface area is 199 Å². The van der Waals surface area contributed by atoms with Crippen LogP contribution in [0.1, 0.15) is 41.4 Å². The summed E-state index contributed by atoms with van der Waals surface area (Å²) in [6.45, 7) is 2.34. The van der Waals surface area contributed by atoms with Crippen LogP contribution in [0.4, 0.5) is 0 Å². The molecule has 1 fully saturated rings. The van der Waals surface area contributed by atoms with E-state index < -0.39 is 0 Å². The van der Waals surface area contributed by atoms with E-state index in [4.69, 9.17) is 18.7 Å². The molecule has 1 N–H and O–H groups in total. The number of likely N-dealkylation sites (tertiary alicyclic amines) is 1. The third-order valence-electron chi connectivity index (χ3n) is 6.20. The molecule has 0 bridgehead atoms. The zero-order valence-corrected chi connectivity index (χ0v) is 19.9. The molecule has 1 aliphatic rings. The molecular weight excluding hydrogens is 434 g/mol. The average molecular weight is 466 g/mol. The van der Waals surface area contributed by atoms with E-state index in [1.54, 1.807) is 27.4 Å². The van der Waals surface area contributed by atoms with Crippen LogP contribution in [0.15, 0.2) is 53.1 Å². The fourth-order valence-electron chi connectivity index (χ4n) is 4.32. The molecule has 0 radical (unpaired) electrons. The van der Waals surface area contributed by atoms with E-state index >= 15 is 0 Å². The second-order valence-corrected chi connectivity index (χ2v) is 8.24. The first kappa shape index (κ1) is 23.6. The molecule has 3 aromatic rings. The molecule has 1 aromatic heterocycles. The number of carbonyl (C=O) groups is 1. The van der Waals surface area contributed by atoms with Crippen molar-refractivity contribution in [2.45, 2.75) is 25.3 Å². The number of carbonyl (C=O) groups excluding carboxylic acids is 1. The lowest BCUT2D eigenvalue weighted by molar-refractivity contribution is 0.0914. The first-order chi connectivity index (χ1) is 16.6. The van der Waals surface area contributed by atoms with Crippen LogP contribution in [0.3, 0.4) is 0 Å². The molecule has 1 unspecified atom stereocenters. The molecule has 0 aliphatic carbocycles. The maximum Gasteiger partial charge on any atom is 0.273 e. The summed E-state index contributed by atoms with van der Waals surface area (Å²) in [6, 6.07) is 14.8. The van der Waals surface area contributed by atoms with Gasteiger partial charge in [0.25, 0.3) is 5.91 Å². The van der Waals surface area contributed by atoms with Crippen molar-refractivity contribution >= 4 is 5.91 Å². The minimum absolute atomic E-state index is 0.0535. The molecule has 0 saturated carbocycles. The molecule has 1 aliphatic heterocycles. The molecular formula is C26H31N3O5. The highest BCUT2D eigenvalue weighted by atomic mass is 16.5. The number of benzene rings is 2. The maximum atomic E-state index is 13.0. The lowest BCUT2D eigenvalue weighted by atomic mass is 10.00. The second-order valence-electron chi connectivity index (χ2n) is 8.24. The summed E-state index contributed by atoms with van der Waals surface area (Å²) < 4.78 is 21.7. The Balaban J connectivity index is 1.51. The monoisotopic (exact) mass is 465 g/mol. The third-order valence-corrected chi connectivity index (χ3v) is 6.20. The minimum atomic E-state index is -0.285. The Morgan fingerprint density at radius 1 is 0.971 bits per heavy atom. The molecule has 1 amide bonds. The Kier molecular flexibility index (Phi) is 7.69. The highest BCUT2D eigenvalue weighted by Crippen LogP contribution is 2.34. The normalized spacial score (nSPS) is 14.9. The highest BCUT2D eigenvalue weighted by Gasteiger charge is 2.27. The Hall–Kier alpha value is -3.52. The quantitative estimate of drug-likeness (QED) is 0.504. The van der Waals surface area contributed by atoms with Crippen molar-refractivity contribution in [3.63, 3.8) is 0 Å². The van der Waals surface area contributed by atoms with Crippen molar-refractivity contribution in [3.05, 3.63) is 59.8 Å². The molecule has 8 nitrogen and oxygen atoms in total. The fraction of sp³-hybridized carbons (Fsp3) is 0.385. The lowest BCUT2D eigenvalue weighted by Gasteiger charge is -2.35. The number of nitrogens with one attached hydrogen (secondary N) is 1. The van der Waals surface area contributed by atoms with Gasteiger partial charge in [-0.15, -0.1) is 0 Å². The van der Waals surface area contributed by atoms with E-state index in [2.05, 4.69) is 15.4 Å². The number of hydrogen-bond acceptors (Lipinski definition) is 7. The van der Waals surface area contributed by atoms with Gasteiger partial charge in [0.2, 0.25) is 0 Å². The van der Waals surface area contributed by atoms with E-state index in [0.29, 0.717) is 12.3 Å². The maximum absolute atomic E-state index is 13.0. The lowest BCUT2D eigenvalue weighted by Crippen LogP contribution is -2.40. The van der Waals surface area contributed by atoms with Crippen molar-refractivity contribution in [3.8, 4) is 28.6 Å². The number of hydrogen-bond donors (Lipinski definition) is 1. The number of amides is 1. The van der Waals surface area contributed by atoms with Crippen molar-refractivity contribution in [2.24, 2.45) is 0 Å². The zero-order chi connectivity index (χ0) is 23.9. The Morgan fingerprint density at radius 2 is 1.68 bits per heavy atom. The van der Waals surface area contributed by atoms with Crippen LogP contribution in [0, 0.1) is 0 Å². The van der Waals surface area contributed by atoms with E-state index in [0.717, 1.165) is 54.3 Å². The van der Waals surface area contributed by atoms with Crippen LogP contribution in [0.5, 0.6) is 17.2 Å². The van der Waals surface area contributed by atoms with Gasteiger partial charge in [-0.25, -0.2) is 0 Å². The molecule has 0 spiro atoms. The zero-order valence-electron chi connectivity index (χ0n) is 19.9. The largest absolute Gasteiger partial charge is 0.497 e. The predicted molar refractivity (Wildman–Crippen MR) is 129 cm³/mol. The van der Waals surface area contributed by atoms with Crippen molar-refractivity contribution in [1.29, 1.82) is 0 Å². The number of aromatic nitrogens is 1. The first-order valence-corrected chi connectivity index (χ1v) is 11.5. The van der Waals surface area contributed by atoms with Crippen LogP contribution in [0.25, 0.3) is 11.3 Å². The van der Waals surface area contributed by atoms with Crippen LogP contribution in [-0.4, -0.2) is 56.9 Å². The van der Waals surface area contributed by atoms with Gasteiger partial charge in [-0.05, 0) is 68.4 Å². The van der Waals surface area contributed by atoms with Gasteiger partial charge in [-0.3, -0.25) is 9.69 Å². The van der Waals surface area contributed by atoms with E-state index in [-0.39, 0.29) is 17.6 Å². The number of nitrogens with zero attached hydrogens (tertiary/aromatic N) is 2. The van der Waals surface area contributed by atoms with E-state index in [1.165, 1.54) is 6.42 Å². The van der Waals surface area contributed by atoms with Gasteiger partial charge in [0, 0.05) is 23.7 Å². The summed E-state index contributed by atoms with van der Waals surface area (Å²) >= 11 is 0. The highest BCUT2D eigenvalue weighted by molar-refractivity contribution is 5.93. The molecule has 8 heteroatoms. The number of ether oxygens (including phenoxy) is 3. The molecule has 2 aromatic carbocycles. The topological polar surface area (TPSA) is 86.1 Å². The van der Waals surface area contributed by atoms with Gasteiger partial charge in [0.05, 0.1) is 27.4 Å². The van der Waals surface area contributed by atoms with Gasteiger partial charge in [-0.1, -0.05) is 11.6 Å². The van der Waals surface area contributed by atoms with Crippen LogP contribution in [0.2, 0.25) is 0 Å². The summed E-state index contributed by atoms with van der Waals surface area (Å²) in [5.74, 6) is 2.51.